The maximum atomic E-state index is 12.1. The van der Waals surface area contributed by atoms with E-state index in [2.05, 4.69) is 7.05 Å². The van der Waals surface area contributed by atoms with Gasteiger partial charge in [-0.3, -0.25) is 13.6 Å². The first-order valence-corrected chi connectivity index (χ1v) is 8.92. The Bertz CT molecular complexity index is 430. The Balaban J connectivity index is 1.49. The smallest absolute Gasteiger partial charge is 0.461 e. The number of phosphoric acid groups is 1. The summed E-state index contributed by atoms with van der Waals surface area (Å²) in [6, 6.07) is 0. The van der Waals surface area contributed by atoms with Crippen molar-refractivity contribution in [1.82, 2.24) is 0 Å². The van der Waals surface area contributed by atoms with Crippen LogP contribution in [0.15, 0.2) is 0 Å². The SMILES string of the molecule is C[N+]1(CC(=O)OCC23COP(=O)(OC2)OC3)CCCCC1. The van der Waals surface area contributed by atoms with Gasteiger partial charge in [0, 0.05) is 0 Å². The summed E-state index contributed by atoms with van der Waals surface area (Å²) >= 11 is 0. The topological polar surface area (TPSA) is 71.1 Å². The maximum Gasteiger partial charge on any atom is 0.474 e. The highest BCUT2D eigenvalue weighted by Gasteiger charge is 2.51. The van der Waals surface area contributed by atoms with Crippen LogP contribution in [-0.4, -0.2) is 63.6 Å². The molecule has 0 spiro atoms. The lowest BCUT2D eigenvalue weighted by Crippen LogP contribution is -2.52. The number of likely N-dealkylation sites (N-methyl/N-ethyl adjacent to an activating group) is 1. The van der Waals surface area contributed by atoms with Crippen LogP contribution in [0, 0.1) is 5.41 Å². The zero-order chi connectivity index (χ0) is 15.0. The van der Waals surface area contributed by atoms with Crippen LogP contribution in [0.4, 0.5) is 0 Å². The lowest BCUT2D eigenvalue weighted by atomic mass is 9.92. The van der Waals surface area contributed by atoms with Gasteiger partial charge in [-0.15, -0.1) is 0 Å². The van der Waals surface area contributed by atoms with Crippen molar-refractivity contribution in [2.24, 2.45) is 5.41 Å². The van der Waals surface area contributed by atoms with Gasteiger partial charge in [0.05, 0.1) is 45.4 Å². The van der Waals surface area contributed by atoms with Crippen LogP contribution < -0.4 is 0 Å². The van der Waals surface area contributed by atoms with Crippen LogP contribution in [0.5, 0.6) is 0 Å². The van der Waals surface area contributed by atoms with E-state index in [1.807, 2.05) is 0 Å². The molecule has 0 radical (unpaired) electrons. The van der Waals surface area contributed by atoms with Crippen molar-refractivity contribution in [2.45, 2.75) is 19.3 Å². The van der Waals surface area contributed by atoms with Crippen LogP contribution in [0.3, 0.4) is 0 Å². The second-order valence-electron chi connectivity index (χ2n) is 6.71. The van der Waals surface area contributed by atoms with E-state index in [1.165, 1.54) is 19.3 Å². The first kappa shape index (κ1) is 15.4. The molecule has 120 valence electrons. The Morgan fingerprint density at radius 2 is 1.71 bits per heavy atom. The Hall–Kier alpha value is -0.460. The summed E-state index contributed by atoms with van der Waals surface area (Å²) < 4.78 is 33.1. The standard InChI is InChI=1S/C13H23NO6P/c1-14(5-3-2-4-6-14)7-12(15)17-8-13-9-18-21(16,19-10-13)20-11-13/h2-11H2,1H3/q+1. The second kappa shape index (κ2) is 5.63. The first-order chi connectivity index (χ1) is 9.93. The molecule has 0 aromatic carbocycles. The number of piperidine rings is 1. The minimum atomic E-state index is -3.30. The lowest BCUT2D eigenvalue weighted by Gasteiger charge is -2.43. The zero-order valence-electron chi connectivity index (χ0n) is 12.4. The number of hydrogen-bond acceptors (Lipinski definition) is 6. The number of phosphoric ester groups is 1. The highest BCUT2D eigenvalue weighted by molar-refractivity contribution is 7.48. The third-order valence-corrected chi connectivity index (χ3v) is 5.87. The number of nitrogens with zero attached hydrogens (tertiary/aromatic N) is 1. The molecule has 4 aliphatic rings. The predicted molar refractivity (Wildman–Crippen MR) is 73.5 cm³/mol. The van der Waals surface area contributed by atoms with Crippen LogP contribution in [0.1, 0.15) is 19.3 Å². The van der Waals surface area contributed by atoms with Gasteiger partial charge in [-0.2, -0.15) is 0 Å². The van der Waals surface area contributed by atoms with Gasteiger partial charge in [-0.05, 0) is 19.3 Å². The number of carbonyl (C=O) groups is 1. The number of rotatable bonds is 4. The van der Waals surface area contributed by atoms with E-state index in [4.69, 9.17) is 18.3 Å². The monoisotopic (exact) mass is 320 g/mol. The highest BCUT2D eigenvalue weighted by atomic mass is 31.2. The zero-order valence-corrected chi connectivity index (χ0v) is 13.3. The summed E-state index contributed by atoms with van der Waals surface area (Å²) in [5, 5.41) is 0. The highest BCUT2D eigenvalue weighted by Crippen LogP contribution is 2.59. The molecule has 0 aromatic heterocycles. The molecule has 0 saturated carbocycles. The molecule has 0 atom stereocenters. The summed E-state index contributed by atoms with van der Waals surface area (Å²) in [4.78, 5) is 12.1. The summed E-state index contributed by atoms with van der Waals surface area (Å²) in [6.07, 6.45) is 3.58. The number of esters is 1. The molecule has 2 bridgehead atoms. The molecular weight excluding hydrogens is 297 g/mol. The molecule has 0 unspecified atom stereocenters. The Morgan fingerprint density at radius 1 is 1.14 bits per heavy atom. The summed E-state index contributed by atoms with van der Waals surface area (Å²) in [5.41, 5.74) is -0.512. The van der Waals surface area contributed by atoms with Crippen molar-refractivity contribution in [2.75, 3.05) is 53.1 Å². The Labute approximate surface area is 124 Å². The van der Waals surface area contributed by atoms with Gasteiger partial charge in [0.1, 0.15) is 6.61 Å². The fraction of sp³-hybridized carbons (Fsp3) is 0.923. The van der Waals surface area contributed by atoms with Gasteiger partial charge in [-0.25, -0.2) is 9.36 Å². The van der Waals surface area contributed by atoms with Crippen molar-refractivity contribution < 1.29 is 32.2 Å². The van der Waals surface area contributed by atoms with Gasteiger partial charge < -0.3 is 9.22 Å². The number of hydrogen-bond donors (Lipinski definition) is 0. The van der Waals surface area contributed by atoms with Gasteiger partial charge in [0.25, 0.3) is 0 Å². The van der Waals surface area contributed by atoms with E-state index in [0.717, 1.165) is 17.6 Å². The Morgan fingerprint density at radius 3 is 2.29 bits per heavy atom. The van der Waals surface area contributed by atoms with Crippen LogP contribution in [0.2, 0.25) is 0 Å². The molecule has 4 saturated heterocycles. The summed E-state index contributed by atoms with van der Waals surface area (Å²) in [5.74, 6) is -0.201. The molecule has 4 rings (SSSR count). The van der Waals surface area contributed by atoms with E-state index in [9.17, 15) is 9.36 Å². The molecule has 0 amide bonds. The van der Waals surface area contributed by atoms with Gasteiger partial charge in [-0.1, -0.05) is 0 Å². The quantitative estimate of drug-likeness (QED) is 0.442. The molecule has 21 heavy (non-hydrogen) atoms. The van der Waals surface area contributed by atoms with Crippen LogP contribution >= 0.6 is 7.82 Å². The first-order valence-electron chi connectivity index (χ1n) is 7.46. The third-order valence-electron chi connectivity index (χ3n) is 4.53. The molecule has 0 N–H and O–H groups in total. The van der Waals surface area contributed by atoms with E-state index in [0.29, 0.717) is 6.54 Å². The molecule has 4 fully saturated rings. The Kier molecular flexibility index (Phi) is 4.14. The van der Waals surface area contributed by atoms with Gasteiger partial charge in [0.15, 0.2) is 6.54 Å². The van der Waals surface area contributed by atoms with E-state index >= 15 is 0 Å². The molecule has 0 aliphatic carbocycles. The summed E-state index contributed by atoms with van der Waals surface area (Å²) in [7, 11) is -1.20. The molecule has 4 heterocycles. The molecule has 7 nitrogen and oxygen atoms in total. The van der Waals surface area contributed by atoms with E-state index in [1.54, 1.807) is 0 Å². The second-order valence-corrected chi connectivity index (χ2v) is 8.38. The minimum absolute atomic E-state index is 0.186. The van der Waals surface area contributed by atoms with Crippen molar-refractivity contribution in [3.05, 3.63) is 0 Å². The van der Waals surface area contributed by atoms with Gasteiger partial charge in [0.2, 0.25) is 0 Å². The number of carbonyl (C=O) groups excluding carboxylic acids is 1. The predicted octanol–water partition coefficient (Wildman–Crippen LogP) is 1.33. The van der Waals surface area contributed by atoms with Crippen molar-refractivity contribution in [3.8, 4) is 0 Å². The normalized spacial score (nSPS) is 38.1. The minimum Gasteiger partial charge on any atom is -0.461 e. The number of quaternary nitrogens is 1. The van der Waals surface area contributed by atoms with Crippen LogP contribution in [-0.2, 0) is 27.7 Å². The molecule has 4 aliphatic heterocycles. The lowest BCUT2D eigenvalue weighted by molar-refractivity contribution is -0.907. The third kappa shape index (κ3) is 3.48. The molecule has 0 aromatic rings. The van der Waals surface area contributed by atoms with Crippen molar-refractivity contribution in [1.29, 1.82) is 0 Å². The molecule has 8 heteroatoms. The van der Waals surface area contributed by atoms with E-state index < -0.39 is 13.2 Å². The van der Waals surface area contributed by atoms with E-state index in [-0.39, 0.29) is 32.4 Å². The average Bonchev–Trinajstić information content (AvgIpc) is 2.47. The average molecular weight is 320 g/mol. The number of ether oxygens (including phenoxy) is 1. The fourth-order valence-electron chi connectivity index (χ4n) is 3.03. The maximum absolute atomic E-state index is 12.1. The summed E-state index contributed by atoms with van der Waals surface area (Å²) in [6.45, 7) is 3.40. The number of likely N-dealkylation sites (tertiary alicyclic amines) is 1. The van der Waals surface area contributed by atoms with Crippen molar-refractivity contribution in [3.63, 3.8) is 0 Å². The van der Waals surface area contributed by atoms with Gasteiger partial charge >= 0.3 is 13.8 Å². The molecular formula is C13H23NO6P+. The fourth-order valence-corrected chi connectivity index (χ4v) is 4.55. The van der Waals surface area contributed by atoms with Crippen LogP contribution in [0.25, 0.3) is 0 Å². The number of fused-ring (bicyclic) bond motifs is 3. The largest absolute Gasteiger partial charge is 0.474 e. The van der Waals surface area contributed by atoms with Crippen molar-refractivity contribution >= 4 is 13.8 Å².